The Labute approximate surface area is 260 Å². The Balaban J connectivity index is 1.44. The maximum absolute atomic E-state index is 13.3. The van der Waals surface area contributed by atoms with Crippen LogP contribution >= 0.6 is 0 Å². The van der Waals surface area contributed by atoms with E-state index in [1.165, 1.54) is 14.1 Å². The molecule has 14 heteroatoms. The number of nitrogens with zero attached hydrogens (tertiary/aromatic N) is 2. The topological polar surface area (TPSA) is 194 Å². The average molecular weight is 632 g/mol. The number of rotatable bonds is 7. The van der Waals surface area contributed by atoms with Crippen molar-refractivity contribution in [2.45, 2.75) is 86.8 Å². The first-order chi connectivity index (χ1) is 21.4. The molecule has 3 unspecified atom stereocenters. The summed E-state index contributed by atoms with van der Waals surface area (Å²) in [5.41, 5.74) is 5.27. The number of nitrogens with two attached hydrogens (primary N) is 1. The molecule has 2 saturated heterocycles. The van der Waals surface area contributed by atoms with E-state index in [1.54, 1.807) is 55.5 Å². The number of aliphatic hydroxyl groups is 4. The summed E-state index contributed by atoms with van der Waals surface area (Å²) < 4.78 is 28.9. The predicted molar refractivity (Wildman–Crippen MR) is 156 cm³/mol. The Morgan fingerprint density at radius 3 is 1.87 bits per heavy atom. The summed E-state index contributed by atoms with van der Waals surface area (Å²) in [6.07, 6.45) is -10.2. The van der Waals surface area contributed by atoms with E-state index < -0.39 is 79.0 Å². The van der Waals surface area contributed by atoms with Gasteiger partial charge in [0.25, 0.3) is 0 Å². The zero-order valence-corrected chi connectivity index (χ0v) is 25.3. The number of likely N-dealkylation sites (N-methyl/N-ethyl adjacent to an activating group) is 2. The van der Waals surface area contributed by atoms with Crippen LogP contribution in [-0.4, -0.2) is 123 Å². The summed E-state index contributed by atoms with van der Waals surface area (Å²) in [4.78, 5) is 28.6. The highest BCUT2D eigenvalue weighted by Gasteiger charge is 2.69. The smallest absolute Gasteiger partial charge is 0.410 e. The quantitative estimate of drug-likeness (QED) is 0.281. The molecule has 3 fully saturated rings. The molecule has 2 amide bonds. The minimum atomic E-state index is -2.53. The van der Waals surface area contributed by atoms with E-state index >= 15 is 0 Å². The van der Waals surface area contributed by atoms with Crippen LogP contribution in [0.5, 0.6) is 0 Å². The van der Waals surface area contributed by atoms with Crippen molar-refractivity contribution in [1.82, 2.24) is 9.80 Å². The van der Waals surface area contributed by atoms with Crippen LogP contribution in [0.3, 0.4) is 0 Å². The van der Waals surface area contributed by atoms with Crippen molar-refractivity contribution in [1.29, 1.82) is 0 Å². The SMILES string of the molecule is C[C@@H]1C[C@@](O)(CN)[C@]2(O)OC3C(OC2O1)[C@@H](O)[C@H](N(C)C(=O)OCc1ccccc1)[C@H](O)[C@@H]3N(C)C(=O)OCc1ccccc1. The number of benzene rings is 2. The van der Waals surface area contributed by atoms with Crippen LogP contribution in [-0.2, 0) is 36.9 Å². The van der Waals surface area contributed by atoms with Gasteiger partial charge in [0.1, 0.15) is 43.2 Å². The average Bonchev–Trinajstić information content (AvgIpc) is 3.03. The third-order valence-electron chi connectivity index (χ3n) is 8.83. The van der Waals surface area contributed by atoms with Crippen molar-refractivity contribution in [2.24, 2.45) is 5.73 Å². The van der Waals surface area contributed by atoms with E-state index in [-0.39, 0.29) is 19.6 Å². The maximum Gasteiger partial charge on any atom is 0.410 e. The van der Waals surface area contributed by atoms with Gasteiger partial charge in [0.05, 0.1) is 18.2 Å². The van der Waals surface area contributed by atoms with Gasteiger partial charge in [-0.05, 0) is 18.1 Å². The number of ether oxygens (including phenoxy) is 5. The fourth-order valence-corrected chi connectivity index (χ4v) is 6.33. The molecule has 10 atom stereocenters. The molecule has 0 bridgehead atoms. The van der Waals surface area contributed by atoms with Crippen molar-refractivity contribution in [3.8, 4) is 0 Å². The Hall–Kier alpha value is -3.34. The Bertz CT molecular complexity index is 1320. The zero-order valence-electron chi connectivity index (χ0n) is 25.3. The molecule has 246 valence electrons. The Morgan fingerprint density at radius 1 is 0.844 bits per heavy atom. The Morgan fingerprint density at radius 2 is 1.36 bits per heavy atom. The van der Waals surface area contributed by atoms with Gasteiger partial charge in [0.15, 0.2) is 0 Å². The number of fused-ring (bicyclic) bond motifs is 2. The summed E-state index contributed by atoms with van der Waals surface area (Å²) >= 11 is 0. The molecule has 3 aliphatic rings. The molecule has 0 spiro atoms. The minimum Gasteiger partial charge on any atom is -0.445 e. The van der Waals surface area contributed by atoms with Crippen LogP contribution < -0.4 is 5.73 Å². The van der Waals surface area contributed by atoms with Crippen LogP contribution in [0.15, 0.2) is 60.7 Å². The summed E-state index contributed by atoms with van der Waals surface area (Å²) in [7, 11) is 2.68. The fourth-order valence-electron chi connectivity index (χ4n) is 6.33. The van der Waals surface area contributed by atoms with E-state index in [1.807, 2.05) is 12.1 Å². The predicted octanol–water partition coefficient (Wildman–Crippen LogP) is 0.294. The molecule has 14 nitrogen and oxygen atoms in total. The van der Waals surface area contributed by atoms with Gasteiger partial charge >= 0.3 is 12.2 Å². The molecule has 2 aliphatic heterocycles. The van der Waals surface area contributed by atoms with Crippen LogP contribution in [0.2, 0.25) is 0 Å². The zero-order chi connectivity index (χ0) is 32.5. The van der Waals surface area contributed by atoms with Crippen molar-refractivity contribution in [2.75, 3.05) is 20.6 Å². The first-order valence-electron chi connectivity index (χ1n) is 14.8. The third-order valence-corrected chi connectivity index (χ3v) is 8.83. The summed E-state index contributed by atoms with van der Waals surface area (Å²) in [5.74, 6) is -2.53. The van der Waals surface area contributed by atoms with Crippen LogP contribution in [0.4, 0.5) is 9.59 Å². The molecule has 2 aromatic rings. The van der Waals surface area contributed by atoms with E-state index in [0.29, 0.717) is 5.56 Å². The molecule has 5 rings (SSSR count). The lowest BCUT2D eigenvalue weighted by atomic mass is 9.77. The molecule has 6 N–H and O–H groups in total. The van der Waals surface area contributed by atoms with Crippen LogP contribution in [0.1, 0.15) is 24.5 Å². The number of amides is 2. The number of carbonyl (C=O) groups is 2. The summed E-state index contributed by atoms with van der Waals surface area (Å²) in [5, 5.41) is 46.4. The van der Waals surface area contributed by atoms with Crippen LogP contribution in [0, 0.1) is 0 Å². The highest BCUT2D eigenvalue weighted by Crippen LogP contribution is 2.47. The highest BCUT2D eigenvalue weighted by atomic mass is 16.8. The van der Waals surface area contributed by atoms with E-state index in [4.69, 9.17) is 29.4 Å². The largest absolute Gasteiger partial charge is 0.445 e. The summed E-state index contributed by atoms with van der Waals surface area (Å²) in [6, 6.07) is 15.1. The molecule has 2 heterocycles. The van der Waals surface area contributed by atoms with E-state index in [2.05, 4.69) is 0 Å². The molecule has 2 aromatic carbocycles. The van der Waals surface area contributed by atoms with Gasteiger partial charge in [0.2, 0.25) is 12.1 Å². The third kappa shape index (κ3) is 6.24. The summed E-state index contributed by atoms with van der Waals surface area (Å²) in [6.45, 7) is 1.07. The van der Waals surface area contributed by atoms with Crippen molar-refractivity contribution in [3.63, 3.8) is 0 Å². The standard InChI is InChI=1S/C31H41N3O11/c1-18-14-30(39,17-32)31(40)27(43-18)44-26-24(36)21(33(2)28(37)41-15-19-10-6-4-7-11-19)23(35)22(25(26)45-31)34(3)29(38)42-16-20-12-8-5-9-13-20/h4-13,18,21-27,35-36,39-40H,14-17,32H2,1-3H3/t18-,21-,22+,23+,24+,25?,26?,27?,30-,31-/m1/s1. The molecule has 1 aliphatic carbocycles. The van der Waals surface area contributed by atoms with Crippen molar-refractivity contribution in [3.05, 3.63) is 71.8 Å². The van der Waals surface area contributed by atoms with Crippen LogP contribution in [0.25, 0.3) is 0 Å². The second-order valence-corrected chi connectivity index (χ2v) is 11.9. The van der Waals surface area contributed by atoms with Gasteiger partial charge in [-0.2, -0.15) is 0 Å². The lowest BCUT2D eigenvalue weighted by molar-refractivity contribution is -0.483. The minimum absolute atomic E-state index is 0.0672. The molecule has 0 radical (unpaired) electrons. The maximum atomic E-state index is 13.3. The van der Waals surface area contributed by atoms with Gasteiger partial charge in [-0.15, -0.1) is 0 Å². The van der Waals surface area contributed by atoms with Crippen molar-refractivity contribution < 1.29 is 53.7 Å². The van der Waals surface area contributed by atoms with E-state index in [9.17, 15) is 30.0 Å². The fraction of sp³-hybridized carbons (Fsp3) is 0.548. The monoisotopic (exact) mass is 631 g/mol. The first-order valence-corrected chi connectivity index (χ1v) is 14.8. The van der Waals surface area contributed by atoms with Gasteiger partial charge < -0.3 is 59.6 Å². The number of hydrogen-bond acceptors (Lipinski definition) is 12. The second kappa shape index (κ2) is 13.2. The van der Waals surface area contributed by atoms with Gasteiger partial charge in [-0.3, -0.25) is 0 Å². The number of carbonyl (C=O) groups excluding carboxylic acids is 2. The number of aliphatic hydroxyl groups excluding tert-OH is 2. The normalized spacial score (nSPS) is 35.8. The highest BCUT2D eigenvalue weighted by molar-refractivity contribution is 5.69. The lowest BCUT2D eigenvalue weighted by Crippen LogP contribution is -2.81. The first kappa shape index (κ1) is 33.0. The second-order valence-electron chi connectivity index (χ2n) is 11.9. The molecular formula is C31H41N3O11. The number of hydrogen-bond donors (Lipinski definition) is 5. The molecule has 0 aromatic heterocycles. The molecular weight excluding hydrogens is 590 g/mol. The van der Waals surface area contributed by atoms with Crippen molar-refractivity contribution >= 4 is 12.2 Å². The lowest BCUT2D eigenvalue weighted by Gasteiger charge is -2.61. The molecule has 1 saturated carbocycles. The van der Waals surface area contributed by atoms with E-state index in [0.717, 1.165) is 15.4 Å². The van der Waals surface area contributed by atoms with Gasteiger partial charge in [0, 0.05) is 27.1 Å². The molecule has 45 heavy (non-hydrogen) atoms. The Kier molecular flexibility index (Phi) is 9.68. The van der Waals surface area contributed by atoms with Gasteiger partial charge in [-0.1, -0.05) is 60.7 Å². The van der Waals surface area contributed by atoms with Gasteiger partial charge in [-0.25, -0.2) is 9.59 Å².